The number of cyclic esters (lactones) is 1. The maximum atomic E-state index is 12.4. The van der Waals surface area contributed by atoms with Gasteiger partial charge in [-0.3, -0.25) is 0 Å². The first-order valence-electron chi connectivity index (χ1n) is 10.6. The Hall–Kier alpha value is -3.41. The zero-order valence-electron chi connectivity index (χ0n) is 18.6. The van der Waals surface area contributed by atoms with Crippen LogP contribution in [-0.2, 0) is 16.1 Å². The van der Waals surface area contributed by atoms with E-state index in [-0.39, 0.29) is 6.61 Å². The predicted octanol–water partition coefficient (Wildman–Crippen LogP) is 6.96. The molecular formula is C27H22Cl2O5. The number of carbonyl (C=O) groups excluding carboxylic acids is 1. The topological polar surface area (TPSA) is 54.0 Å². The van der Waals surface area contributed by atoms with Gasteiger partial charge in [0.15, 0.2) is 11.5 Å². The van der Waals surface area contributed by atoms with E-state index in [9.17, 15) is 4.79 Å². The summed E-state index contributed by atoms with van der Waals surface area (Å²) in [7, 11) is 1.60. The number of hydrogen-bond donors (Lipinski definition) is 0. The van der Waals surface area contributed by atoms with Crippen LogP contribution >= 0.6 is 23.2 Å². The standard InChI is InChI=1S/C27H22Cl2O5/c1-3-32-26-13-17(4-11-24(26)33-16-19-5-8-21(28)15-23(19)29)12-20-14-25(34-27(20)30)18-6-9-22(31-2)10-7-18/h4-15H,3,16H2,1-2H3/b20-12+. The number of carbonyl (C=O) groups is 1. The highest BCUT2D eigenvalue weighted by Gasteiger charge is 2.22. The molecule has 3 aromatic rings. The van der Waals surface area contributed by atoms with Crippen LogP contribution in [0.3, 0.4) is 0 Å². The summed E-state index contributed by atoms with van der Waals surface area (Å²) in [6, 6.07) is 18.0. The molecule has 1 aliphatic heterocycles. The fourth-order valence-electron chi connectivity index (χ4n) is 3.36. The fraction of sp³-hybridized carbons (Fsp3) is 0.148. The minimum Gasteiger partial charge on any atom is -0.497 e. The van der Waals surface area contributed by atoms with E-state index in [0.717, 1.165) is 22.4 Å². The van der Waals surface area contributed by atoms with E-state index in [1.54, 1.807) is 37.5 Å². The smallest absolute Gasteiger partial charge is 0.343 e. The predicted molar refractivity (Wildman–Crippen MR) is 133 cm³/mol. The van der Waals surface area contributed by atoms with E-state index in [0.29, 0.717) is 39.5 Å². The number of hydrogen-bond acceptors (Lipinski definition) is 5. The number of rotatable bonds is 8. The molecule has 0 unspecified atom stereocenters. The highest BCUT2D eigenvalue weighted by Crippen LogP contribution is 2.33. The average Bonchev–Trinajstić information content (AvgIpc) is 3.20. The molecule has 0 atom stereocenters. The van der Waals surface area contributed by atoms with Gasteiger partial charge in [-0.15, -0.1) is 0 Å². The Kier molecular flexibility index (Phi) is 7.46. The molecule has 0 N–H and O–H groups in total. The molecule has 4 rings (SSSR count). The minimum absolute atomic E-state index is 0.261. The Bertz CT molecular complexity index is 1260. The molecule has 3 aromatic carbocycles. The molecule has 1 heterocycles. The van der Waals surface area contributed by atoms with Crippen LogP contribution in [0.15, 0.2) is 72.3 Å². The van der Waals surface area contributed by atoms with Crippen LogP contribution < -0.4 is 14.2 Å². The molecule has 0 aromatic heterocycles. The molecule has 0 bridgehead atoms. The van der Waals surface area contributed by atoms with Crippen molar-refractivity contribution in [3.05, 3.63) is 99.0 Å². The van der Waals surface area contributed by atoms with Crippen molar-refractivity contribution in [1.29, 1.82) is 0 Å². The largest absolute Gasteiger partial charge is 0.497 e. The third-order valence-electron chi connectivity index (χ3n) is 5.09. The number of methoxy groups -OCH3 is 1. The van der Waals surface area contributed by atoms with Gasteiger partial charge in [0.25, 0.3) is 0 Å². The molecule has 0 aliphatic carbocycles. The lowest BCUT2D eigenvalue weighted by Gasteiger charge is -2.13. The summed E-state index contributed by atoms with van der Waals surface area (Å²) in [6.07, 6.45) is 3.47. The molecule has 0 amide bonds. The second kappa shape index (κ2) is 10.7. The van der Waals surface area contributed by atoms with Gasteiger partial charge in [0, 0.05) is 21.2 Å². The zero-order valence-corrected chi connectivity index (χ0v) is 20.2. The van der Waals surface area contributed by atoms with E-state index in [4.69, 9.17) is 42.1 Å². The van der Waals surface area contributed by atoms with Crippen molar-refractivity contribution in [2.75, 3.05) is 13.7 Å². The Balaban J connectivity index is 1.55. The minimum atomic E-state index is -0.415. The summed E-state index contributed by atoms with van der Waals surface area (Å²) in [6.45, 7) is 2.61. The summed E-state index contributed by atoms with van der Waals surface area (Å²) in [5, 5.41) is 1.10. The van der Waals surface area contributed by atoms with Gasteiger partial charge >= 0.3 is 5.97 Å². The Morgan fingerprint density at radius 3 is 2.44 bits per heavy atom. The molecule has 174 valence electrons. The highest BCUT2D eigenvalue weighted by atomic mass is 35.5. The van der Waals surface area contributed by atoms with Gasteiger partial charge in [0.1, 0.15) is 18.1 Å². The Labute approximate surface area is 208 Å². The van der Waals surface area contributed by atoms with Crippen molar-refractivity contribution >= 4 is 41.0 Å². The van der Waals surface area contributed by atoms with Gasteiger partial charge in [-0.1, -0.05) is 35.3 Å². The van der Waals surface area contributed by atoms with E-state index >= 15 is 0 Å². The molecule has 5 nitrogen and oxygen atoms in total. The summed E-state index contributed by atoms with van der Waals surface area (Å²) < 4.78 is 22.3. The van der Waals surface area contributed by atoms with Crippen molar-refractivity contribution in [1.82, 2.24) is 0 Å². The first-order valence-corrected chi connectivity index (χ1v) is 11.4. The number of halogens is 2. The van der Waals surface area contributed by atoms with Crippen LogP contribution in [-0.4, -0.2) is 19.7 Å². The van der Waals surface area contributed by atoms with Gasteiger partial charge in [0.05, 0.1) is 19.3 Å². The van der Waals surface area contributed by atoms with Crippen LogP contribution in [0.4, 0.5) is 0 Å². The summed E-state index contributed by atoms with van der Waals surface area (Å²) >= 11 is 12.2. The van der Waals surface area contributed by atoms with Gasteiger partial charge in [-0.25, -0.2) is 4.79 Å². The van der Waals surface area contributed by atoms with Crippen molar-refractivity contribution in [2.24, 2.45) is 0 Å². The van der Waals surface area contributed by atoms with Gasteiger partial charge < -0.3 is 18.9 Å². The lowest BCUT2D eigenvalue weighted by atomic mass is 10.1. The zero-order chi connectivity index (χ0) is 24.1. The van der Waals surface area contributed by atoms with Crippen LogP contribution in [0, 0.1) is 0 Å². The normalized spacial score (nSPS) is 14.1. The van der Waals surface area contributed by atoms with Crippen molar-refractivity contribution < 1.29 is 23.7 Å². The van der Waals surface area contributed by atoms with E-state index in [1.165, 1.54) is 0 Å². The quantitative estimate of drug-likeness (QED) is 0.249. The lowest BCUT2D eigenvalue weighted by Crippen LogP contribution is -2.01. The van der Waals surface area contributed by atoms with Crippen molar-refractivity contribution in [3.8, 4) is 17.2 Å². The maximum absolute atomic E-state index is 12.4. The molecule has 1 aliphatic rings. The summed E-state index contributed by atoms with van der Waals surface area (Å²) in [5.41, 5.74) is 2.82. The van der Waals surface area contributed by atoms with Crippen molar-refractivity contribution in [3.63, 3.8) is 0 Å². The molecule has 7 heteroatoms. The van der Waals surface area contributed by atoms with E-state index in [1.807, 2.05) is 49.4 Å². The third-order valence-corrected chi connectivity index (χ3v) is 5.67. The Morgan fingerprint density at radius 2 is 1.74 bits per heavy atom. The van der Waals surface area contributed by atoms with Crippen LogP contribution in [0.1, 0.15) is 23.6 Å². The van der Waals surface area contributed by atoms with Crippen LogP contribution in [0.5, 0.6) is 17.2 Å². The monoisotopic (exact) mass is 496 g/mol. The summed E-state index contributed by atoms with van der Waals surface area (Å²) in [5.74, 6) is 1.94. The lowest BCUT2D eigenvalue weighted by molar-refractivity contribution is -0.130. The highest BCUT2D eigenvalue weighted by molar-refractivity contribution is 6.35. The van der Waals surface area contributed by atoms with Crippen LogP contribution in [0.25, 0.3) is 11.8 Å². The van der Waals surface area contributed by atoms with E-state index < -0.39 is 5.97 Å². The SMILES string of the molecule is CCOc1cc(/C=C2\C=C(c3ccc(OC)cc3)OC2=O)ccc1OCc1ccc(Cl)cc1Cl. The molecule has 0 saturated carbocycles. The summed E-state index contributed by atoms with van der Waals surface area (Å²) in [4.78, 5) is 12.4. The Morgan fingerprint density at radius 1 is 0.941 bits per heavy atom. The van der Waals surface area contributed by atoms with Gasteiger partial charge in [0.2, 0.25) is 0 Å². The second-order valence-electron chi connectivity index (χ2n) is 7.39. The first kappa shape index (κ1) is 23.7. The van der Waals surface area contributed by atoms with Gasteiger partial charge in [-0.2, -0.15) is 0 Å². The third kappa shape index (κ3) is 5.56. The number of esters is 1. The molecule has 0 spiro atoms. The molecule has 0 saturated heterocycles. The second-order valence-corrected chi connectivity index (χ2v) is 8.23. The maximum Gasteiger partial charge on any atom is 0.343 e. The molecular weight excluding hydrogens is 475 g/mol. The van der Waals surface area contributed by atoms with Crippen molar-refractivity contribution in [2.45, 2.75) is 13.5 Å². The number of ether oxygens (including phenoxy) is 4. The molecule has 34 heavy (non-hydrogen) atoms. The molecule has 0 fully saturated rings. The fourth-order valence-corrected chi connectivity index (χ4v) is 3.83. The first-order chi connectivity index (χ1) is 16.5. The van der Waals surface area contributed by atoms with Gasteiger partial charge in [-0.05, 0) is 73.2 Å². The number of benzene rings is 3. The van der Waals surface area contributed by atoms with E-state index in [2.05, 4.69) is 0 Å². The average molecular weight is 497 g/mol. The molecule has 0 radical (unpaired) electrons. The van der Waals surface area contributed by atoms with Crippen LogP contribution in [0.2, 0.25) is 10.0 Å².